The van der Waals surface area contributed by atoms with Crippen molar-refractivity contribution in [1.29, 1.82) is 0 Å². The van der Waals surface area contributed by atoms with Crippen molar-refractivity contribution in [2.24, 2.45) is 0 Å². The van der Waals surface area contributed by atoms with E-state index in [2.05, 4.69) is 15.9 Å². The molecule has 0 aliphatic carbocycles. The molecular weight excluding hydrogens is 260 g/mol. The highest BCUT2D eigenvalue weighted by Gasteiger charge is 2.17. The number of carbonyl (C=O) groups excluding carboxylic acids is 1. The lowest BCUT2D eigenvalue weighted by molar-refractivity contribution is 0.0342. The van der Waals surface area contributed by atoms with Crippen LogP contribution in [0.25, 0.3) is 0 Å². The maximum absolute atomic E-state index is 10.6. The van der Waals surface area contributed by atoms with Crippen LogP contribution < -0.4 is 0 Å². The zero-order valence-corrected chi connectivity index (χ0v) is 9.94. The fourth-order valence-corrected chi connectivity index (χ4v) is 1.68. The molecule has 0 radical (unpaired) electrons. The molecule has 2 unspecified atom stereocenters. The van der Waals surface area contributed by atoms with Crippen molar-refractivity contribution in [2.75, 3.05) is 5.33 Å². The van der Waals surface area contributed by atoms with E-state index in [1.165, 1.54) is 0 Å². The van der Waals surface area contributed by atoms with Gasteiger partial charge in [-0.3, -0.25) is 4.79 Å². The predicted molar refractivity (Wildman–Crippen MR) is 61.3 cm³/mol. The van der Waals surface area contributed by atoms with Crippen LogP contribution >= 0.6 is 15.9 Å². The van der Waals surface area contributed by atoms with Crippen LogP contribution in [0.3, 0.4) is 0 Å². The normalized spacial score (nSPS) is 14.7. The fraction of sp³-hybridized carbons (Fsp3) is 0.364. The molecule has 1 aromatic carbocycles. The lowest BCUT2D eigenvalue weighted by Crippen LogP contribution is -2.19. The largest absolute Gasteiger partial charge is 0.389 e. The third-order valence-corrected chi connectivity index (χ3v) is 2.95. The second kappa shape index (κ2) is 5.39. The number of rotatable bonds is 4. The van der Waals surface area contributed by atoms with E-state index in [0.717, 1.165) is 11.8 Å². The first-order chi connectivity index (χ1) is 7.10. The van der Waals surface area contributed by atoms with Crippen molar-refractivity contribution in [3.05, 3.63) is 34.9 Å². The molecule has 0 heterocycles. The maximum atomic E-state index is 10.6. The molecular formula is C11H13BrO3. The molecule has 1 aromatic rings. The monoisotopic (exact) mass is 272 g/mol. The number of aldehydes is 1. The van der Waals surface area contributed by atoms with Crippen molar-refractivity contribution in [2.45, 2.75) is 19.1 Å². The lowest BCUT2D eigenvalue weighted by atomic mass is 10.0. The first-order valence-electron chi connectivity index (χ1n) is 4.58. The van der Waals surface area contributed by atoms with Crippen molar-refractivity contribution in [3.8, 4) is 0 Å². The van der Waals surface area contributed by atoms with Crippen molar-refractivity contribution in [1.82, 2.24) is 0 Å². The number of alkyl halides is 1. The number of aryl methyl sites for hydroxylation is 1. The van der Waals surface area contributed by atoms with Crippen molar-refractivity contribution < 1.29 is 15.0 Å². The van der Waals surface area contributed by atoms with Crippen LogP contribution in [0, 0.1) is 6.92 Å². The van der Waals surface area contributed by atoms with Gasteiger partial charge >= 0.3 is 0 Å². The smallest absolute Gasteiger partial charge is 0.150 e. The highest BCUT2D eigenvalue weighted by atomic mass is 79.9. The molecule has 4 heteroatoms. The summed E-state index contributed by atoms with van der Waals surface area (Å²) < 4.78 is 0. The molecule has 82 valence electrons. The zero-order chi connectivity index (χ0) is 11.4. The van der Waals surface area contributed by atoms with Crippen LogP contribution in [0.4, 0.5) is 0 Å². The topological polar surface area (TPSA) is 57.5 Å². The SMILES string of the molecule is Cc1cc(C(O)C(O)CBr)ccc1C=O. The second-order valence-electron chi connectivity index (χ2n) is 3.40. The molecule has 0 amide bonds. The van der Waals surface area contributed by atoms with Gasteiger partial charge in [-0.25, -0.2) is 0 Å². The third kappa shape index (κ3) is 2.87. The number of hydrogen-bond acceptors (Lipinski definition) is 3. The zero-order valence-electron chi connectivity index (χ0n) is 8.35. The molecule has 0 aliphatic heterocycles. The number of halogens is 1. The Bertz CT molecular complexity index is 352. The third-order valence-electron chi connectivity index (χ3n) is 2.28. The van der Waals surface area contributed by atoms with Gasteiger partial charge in [0.1, 0.15) is 12.4 Å². The van der Waals surface area contributed by atoms with E-state index in [1.54, 1.807) is 25.1 Å². The Kier molecular flexibility index (Phi) is 4.45. The van der Waals surface area contributed by atoms with Gasteiger partial charge in [0.2, 0.25) is 0 Å². The average Bonchev–Trinajstić information content (AvgIpc) is 2.26. The van der Waals surface area contributed by atoms with E-state index in [-0.39, 0.29) is 0 Å². The summed E-state index contributed by atoms with van der Waals surface area (Å²) in [5, 5.41) is 19.4. The van der Waals surface area contributed by atoms with Crippen LogP contribution in [0.2, 0.25) is 0 Å². The number of carbonyl (C=O) groups is 1. The number of hydrogen-bond donors (Lipinski definition) is 2. The van der Waals surface area contributed by atoms with Gasteiger partial charge in [0, 0.05) is 10.9 Å². The molecule has 15 heavy (non-hydrogen) atoms. The first-order valence-corrected chi connectivity index (χ1v) is 5.70. The second-order valence-corrected chi connectivity index (χ2v) is 4.05. The summed E-state index contributed by atoms with van der Waals surface area (Å²) in [7, 11) is 0. The van der Waals surface area contributed by atoms with Gasteiger partial charge in [0.15, 0.2) is 0 Å². The summed E-state index contributed by atoms with van der Waals surface area (Å²) in [6, 6.07) is 5.00. The summed E-state index contributed by atoms with van der Waals surface area (Å²) in [6.07, 6.45) is -0.998. The molecule has 0 spiro atoms. The molecule has 0 fully saturated rings. The van der Waals surface area contributed by atoms with Gasteiger partial charge in [-0.05, 0) is 18.1 Å². The Hall–Kier alpha value is -0.710. The standard InChI is InChI=1S/C11H13BrO3/c1-7-4-8(2-3-9(7)6-13)11(15)10(14)5-12/h2-4,6,10-11,14-15H,5H2,1H3. The van der Waals surface area contributed by atoms with E-state index < -0.39 is 12.2 Å². The van der Waals surface area contributed by atoms with Gasteiger partial charge in [-0.15, -0.1) is 0 Å². The van der Waals surface area contributed by atoms with E-state index in [0.29, 0.717) is 16.5 Å². The summed E-state index contributed by atoms with van der Waals surface area (Å²) in [6.45, 7) is 1.79. The van der Waals surface area contributed by atoms with Gasteiger partial charge in [-0.2, -0.15) is 0 Å². The van der Waals surface area contributed by atoms with Gasteiger partial charge < -0.3 is 10.2 Å². The van der Waals surface area contributed by atoms with Gasteiger partial charge in [-0.1, -0.05) is 34.1 Å². The number of aliphatic hydroxyl groups is 2. The molecule has 0 aromatic heterocycles. The predicted octanol–water partition coefficient (Wildman–Crippen LogP) is 1.60. The Balaban J connectivity index is 2.96. The molecule has 2 atom stereocenters. The lowest BCUT2D eigenvalue weighted by Gasteiger charge is -2.16. The quantitative estimate of drug-likeness (QED) is 0.647. The average molecular weight is 273 g/mol. The Morgan fingerprint density at radius 3 is 2.60 bits per heavy atom. The van der Waals surface area contributed by atoms with Gasteiger partial charge in [0.25, 0.3) is 0 Å². The van der Waals surface area contributed by atoms with E-state index in [4.69, 9.17) is 0 Å². The molecule has 1 rings (SSSR count). The molecule has 0 bridgehead atoms. The summed E-state index contributed by atoms with van der Waals surface area (Å²) in [4.78, 5) is 10.6. The van der Waals surface area contributed by atoms with Crippen molar-refractivity contribution >= 4 is 22.2 Å². The van der Waals surface area contributed by atoms with Crippen LogP contribution in [-0.2, 0) is 0 Å². The summed E-state index contributed by atoms with van der Waals surface area (Å²) in [5.74, 6) is 0. The van der Waals surface area contributed by atoms with E-state index >= 15 is 0 Å². The molecule has 0 aliphatic rings. The van der Waals surface area contributed by atoms with Gasteiger partial charge in [0.05, 0.1) is 6.10 Å². The first kappa shape index (κ1) is 12.4. The minimum absolute atomic E-state index is 0.308. The molecule has 2 N–H and O–H groups in total. The van der Waals surface area contributed by atoms with E-state index in [9.17, 15) is 15.0 Å². The summed E-state index contributed by atoms with van der Waals surface area (Å²) >= 11 is 3.09. The molecule has 3 nitrogen and oxygen atoms in total. The minimum Gasteiger partial charge on any atom is -0.389 e. The Morgan fingerprint density at radius 2 is 2.13 bits per heavy atom. The number of aliphatic hydroxyl groups excluding tert-OH is 2. The Labute approximate surface area is 96.9 Å². The van der Waals surface area contributed by atoms with Crippen LogP contribution in [0.15, 0.2) is 18.2 Å². The number of benzene rings is 1. The maximum Gasteiger partial charge on any atom is 0.150 e. The highest BCUT2D eigenvalue weighted by Crippen LogP contribution is 2.20. The highest BCUT2D eigenvalue weighted by molar-refractivity contribution is 9.09. The fourth-order valence-electron chi connectivity index (χ4n) is 1.32. The summed E-state index contributed by atoms with van der Waals surface area (Å²) in [5.41, 5.74) is 2.01. The molecule has 0 saturated heterocycles. The Morgan fingerprint density at radius 1 is 1.47 bits per heavy atom. The van der Waals surface area contributed by atoms with Crippen molar-refractivity contribution in [3.63, 3.8) is 0 Å². The van der Waals surface area contributed by atoms with Crippen LogP contribution in [-0.4, -0.2) is 27.9 Å². The minimum atomic E-state index is -0.927. The van der Waals surface area contributed by atoms with Crippen LogP contribution in [0.1, 0.15) is 27.6 Å². The van der Waals surface area contributed by atoms with E-state index in [1.807, 2.05) is 0 Å². The molecule has 0 saturated carbocycles. The van der Waals surface area contributed by atoms with Crippen LogP contribution in [0.5, 0.6) is 0 Å².